The largest absolute Gasteiger partial charge is 0.355 e. The summed E-state index contributed by atoms with van der Waals surface area (Å²) in [5, 5.41) is 0. The Labute approximate surface area is 150 Å². The second-order valence-corrected chi connectivity index (χ2v) is 23.2. The predicted molar refractivity (Wildman–Crippen MR) is 117 cm³/mol. The zero-order valence-electron chi connectivity index (χ0n) is 15.7. The molecule has 0 N–H and O–H groups in total. The molecule has 0 bridgehead atoms. The van der Waals surface area contributed by atoms with Crippen molar-refractivity contribution in [3.05, 3.63) is 60.7 Å². The summed E-state index contributed by atoms with van der Waals surface area (Å²) in [6, 6.07) is 21.1. The molecule has 0 fully saturated rings. The van der Waals surface area contributed by atoms with Gasteiger partial charge in [0.25, 0.3) is 0 Å². The van der Waals surface area contributed by atoms with Crippen molar-refractivity contribution in [2.45, 2.75) is 39.3 Å². The van der Waals surface area contributed by atoms with E-state index in [1.54, 1.807) is 0 Å². The Balaban J connectivity index is 2.55. The average molecular weight is 373 g/mol. The maximum absolute atomic E-state index is 5.11. The van der Waals surface area contributed by atoms with Crippen LogP contribution in [0, 0.1) is 0 Å². The van der Waals surface area contributed by atoms with Gasteiger partial charge in [-0.15, -0.1) is 0 Å². The third-order valence-electron chi connectivity index (χ3n) is 3.38. The SMILES string of the molecule is C[Si](C)(C)PC(=Nc1ccccc1)N(c1ccccc1)[Si](C)(C)C. The summed E-state index contributed by atoms with van der Waals surface area (Å²) in [6.07, 6.45) is 0. The van der Waals surface area contributed by atoms with Gasteiger partial charge >= 0.3 is 0 Å². The summed E-state index contributed by atoms with van der Waals surface area (Å²) in [4.78, 5) is 5.11. The maximum atomic E-state index is 5.11. The number of hydrogen-bond acceptors (Lipinski definition) is 1. The highest BCUT2D eigenvalue weighted by molar-refractivity contribution is 7.93. The van der Waals surface area contributed by atoms with E-state index in [1.165, 1.54) is 11.3 Å². The molecule has 2 rings (SSSR count). The highest BCUT2D eigenvalue weighted by Gasteiger charge is 2.31. The highest BCUT2D eigenvalue weighted by Crippen LogP contribution is 2.36. The van der Waals surface area contributed by atoms with Crippen molar-refractivity contribution < 1.29 is 0 Å². The lowest BCUT2D eigenvalue weighted by molar-refractivity contribution is 1.37. The molecule has 1 atom stereocenters. The van der Waals surface area contributed by atoms with E-state index in [1.807, 2.05) is 6.07 Å². The van der Waals surface area contributed by atoms with Gasteiger partial charge < -0.3 is 4.57 Å². The van der Waals surface area contributed by atoms with Crippen LogP contribution >= 0.6 is 8.13 Å². The first-order valence-corrected chi connectivity index (χ1v) is 17.4. The molecule has 0 aliphatic carbocycles. The van der Waals surface area contributed by atoms with Gasteiger partial charge in [0.15, 0.2) is 8.24 Å². The van der Waals surface area contributed by atoms with Crippen molar-refractivity contribution >= 4 is 41.1 Å². The smallest absolute Gasteiger partial charge is 0.155 e. The quantitative estimate of drug-likeness (QED) is 0.252. The molecule has 0 aliphatic heterocycles. The molecule has 2 nitrogen and oxygen atoms in total. The predicted octanol–water partition coefficient (Wildman–Crippen LogP) is 6.53. The van der Waals surface area contributed by atoms with E-state index >= 15 is 0 Å². The molecule has 0 aliphatic rings. The zero-order chi connectivity index (χ0) is 17.8. The number of para-hydroxylation sites is 2. The molecule has 0 saturated carbocycles. The first kappa shape index (κ1) is 19.1. The fraction of sp³-hybridized carbons (Fsp3) is 0.316. The second-order valence-electron chi connectivity index (χ2n) is 7.99. The molecule has 128 valence electrons. The molecule has 0 saturated heterocycles. The highest BCUT2D eigenvalue weighted by atomic mass is 31.3. The summed E-state index contributed by atoms with van der Waals surface area (Å²) in [6.45, 7) is 14.5. The van der Waals surface area contributed by atoms with Crippen LogP contribution in [0.4, 0.5) is 11.4 Å². The van der Waals surface area contributed by atoms with Gasteiger partial charge in [0.1, 0.15) is 5.58 Å². The van der Waals surface area contributed by atoms with E-state index in [2.05, 4.69) is 98.4 Å². The molecule has 1 unspecified atom stereocenters. The average Bonchev–Trinajstić information content (AvgIpc) is 2.46. The van der Waals surface area contributed by atoms with Gasteiger partial charge in [-0.05, 0) is 24.3 Å². The van der Waals surface area contributed by atoms with E-state index in [0.29, 0.717) is 0 Å². The Kier molecular flexibility index (Phi) is 6.19. The van der Waals surface area contributed by atoms with Crippen molar-refractivity contribution in [1.29, 1.82) is 0 Å². The van der Waals surface area contributed by atoms with Crippen LogP contribution in [0.2, 0.25) is 39.3 Å². The minimum Gasteiger partial charge on any atom is -0.355 e. The lowest BCUT2D eigenvalue weighted by atomic mass is 10.3. The van der Waals surface area contributed by atoms with Gasteiger partial charge in [0.05, 0.1) is 13.4 Å². The van der Waals surface area contributed by atoms with E-state index in [9.17, 15) is 0 Å². The van der Waals surface area contributed by atoms with Gasteiger partial charge in [-0.3, -0.25) is 0 Å². The molecular weight excluding hydrogens is 343 g/mol. The Bertz CT molecular complexity index is 674. The van der Waals surface area contributed by atoms with Crippen molar-refractivity contribution in [2.24, 2.45) is 4.99 Å². The number of nitrogens with zero attached hydrogens (tertiary/aromatic N) is 2. The third-order valence-corrected chi connectivity index (χ3v) is 9.64. The van der Waals surface area contributed by atoms with Crippen molar-refractivity contribution in [3.8, 4) is 0 Å². The monoisotopic (exact) mass is 372 g/mol. The van der Waals surface area contributed by atoms with E-state index in [4.69, 9.17) is 4.99 Å². The Morgan fingerprint density at radius 1 is 0.792 bits per heavy atom. The van der Waals surface area contributed by atoms with Gasteiger partial charge in [-0.1, -0.05) is 83.8 Å². The Hall–Kier alpha value is -1.23. The summed E-state index contributed by atoms with van der Waals surface area (Å²) >= 11 is 0. The lowest BCUT2D eigenvalue weighted by Gasteiger charge is -2.39. The van der Waals surface area contributed by atoms with Crippen molar-refractivity contribution in [3.63, 3.8) is 0 Å². The summed E-state index contributed by atoms with van der Waals surface area (Å²) in [7, 11) is -2.10. The van der Waals surface area contributed by atoms with E-state index < -0.39 is 16.0 Å². The second kappa shape index (κ2) is 7.77. The maximum Gasteiger partial charge on any atom is 0.155 e. The van der Waals surface area contributed by atoms with E-state index in [-0.39, 0.29) is 0 Å². The third kappa shape index (κ3) is 5.69. The van der Waals surface area contributed by atoms with Crippen LogP contribution in [0.25, 0.3) is 0 Å². The molecule has 0 radical (unpaired) electrons. The summed E-state index contributed by atoms with van der Waals surface area (Å²) in [5.74, 6) is 0. The van der Waals surface area contributed by atoms with Crippen LogP contribution in [0.5, 0.6) is 0 Å². The summed E-state index contributed by atoms with van der Waals surface area (Å²) < 4.78 is 2.55. The molecule has 0 heterocycles. The number of amidine groups is 1. The van der Waals surface area contributed by atoms with Crippen LogP contribution in [-0.4, -0.2) is 21.6 Å². The molecule has 2 aromatic rings. The van der Waals surface area contributed by atoms with Gasteiger partial charge in [-0.25, -0.2) is 4.99 Å². The minimum absolute atomic E-state index is 0.787. The first-order chi connectivity index (χ1) is 11.2. The fourth-order valence-electron chi connectivity index (χ4n) is 2.50. The minimum atomic E-state index is -1.61. The van der Waals surface area contributed by atoms with Gasteiger partial charge in [0.2, 0.25) is 0 Å². The van der Waals surface area contributed by atoms with Crippen molar-refractivity contribution in [2.75, 3.05) is 4.57 Å². The molecule has 0 amide bonds. The van der Waals surface area contributed by atoms with Crippen LogP contribution in [0.3, 0.4) is 0 Å². The normalized spacial score (nSPS) is 13.5. The zero-order valence-corrected chi connectivity index (χ0v) is 18.7. The number of anilines is 1. The number of benzene rings is 2. The number of aliphatic imine (C=N–C) groups is 1. The van der Waals surface area contributed by atoms with Crippen molar-refractivity contribution in [1.82, 2.24) is 0 Å². The Morgan fingerprint density at radius 2 is 1.29 bits per heavy atom. The van der Waals surface area contributed by atoms with Crippen LogP contribution in [0.1, 0.15) is 0 Å². The molecule has 5 heteroatoms. The molecule has 24 heavy (non-hydrogen) atoms. The Morgan fingerprint density at radius 3 is 1.75 bits per heavy atom. The number of rotatable bonds is 5. The molecule has 2 aromatic carbocycles. The summed E-state index contributed by atoms with van der Waals surface area (Å²) in [5.41, 5.74) is 3.58. The first-order valence-electron chi connectivity index (χ1n) is 8.44. The fourth-order valence-corrected chi connectivity index (χ4v) is 9.23. The molecule has 0 spiro atoms. The van der Waals surface area contributed by atoms with Gasteiger partial charge in [0, 0.05) is 5.69 Å². The lowest BCUT2D eigenvalue weighted by Crippen LogP contribution is -2.49. The van der Waals surface area contributed by atoms with Crippen LogP contribution < -0.4 is 4.57 Å². The standard InChI is InChI=1S/C19H29N2PSi2/c1-23(2,3)21(18-15-11-8-12-16-18)19(22-24(4,5)6)20-17-13-9-7-10-14-17/h7-16,22H,1-6H3. The molecule has 0 aromatic heterocycles. The van der Waals surface area contributed by atoms with Gasteiger partial charge in [-0.2, -0.15) is 0 Å². The van der Waals surface area contributed by atoms with E-state index in [0.717, 1.165) is 13.8 Å². The number of hydrogen-bond donors (Lipinski definition) is 0. The topological polar surface area (TPSA) is 15.6 Å². The van der Waals surface area contributed by atoms with Crippen LogP contribution in [0.15, 0.2) is 65.7 Å². The van der Waals surface area contributed by atoms with Crippen LogP contribution in [-0.2, 0) is 0 Å². The molecular formula is C19H29N2PSi2.